The molecule has 0 bridgehead atoms. The summed E-state index contributed by atoms with van der Waals surface area (Å²) in [5.74, 6) is 0.774. The lowest BCUT2D eigenvalue weighted by Crippen LogP contribution is -2.05. The second kappa shape index (κ2) is 10.9. The van der Waals surface area contributed by atoms with Crippen molar-refractivity contribution < 1.29 is 4.42 Å². The first-order valence-corrected chi connectivity index (χ1v) is 16.8. The molecular formula is C45H30N4O. The van der Waals surface area contributed by atoms with Gasteiger partial charge in [-0.2, -0.15) is 0 Å². The van der Waals surface area contributed by atoms with Crippen LogP contribution in [0.1, 0.15) is 18.2 Å². The van der Waals surface area contributed by atoms with E-state index in [-0.39, 0.29) is 0 Å². The summed E-state index contributed by atoms with van der Waals surface area (Å²) in [6, 6.07) is 46.2. The average molecular weight is 643 g/mol. The average Bonchev–Trinajstić information content (AvgIpc) is 3.82. The maximum atomic E-state index is 6.58. The van der Waals surface area contributed by atoms with Gasteiger partial charge in [-0.05, 0) is 55.5 Å². The molecule has 236 valence electrons. The number of rotatable bonds is 5. The standard InChI is InChI=1S/C45H30N4O/c1-3-15-35-29(4-2)41-38(49(35)45-43(28-16-6-5-7-17-28)46-33-21-10-11-22-34(33)47-45)27-26-37-42(41)32-19-8-12-23-36(32)48(37)39-24-14-20-31-30-18-9-13-25-40(30)50-44(31)39/h3-27H,2H2,1H3/b15-3-. The fourth-order valence-corrected chi connectivity index (χ4v) is 7.75. The van der Waals surface area contributed by atoms with Crippen molar-refractivity contribution in [3.05, 3.63) is 157 Å². The van der Waals surface area contributed by atoms with Crippen molar-refractivity contribution in [1.29, 1.82) is 0 Å². The first-order valence-electron chi connectivity index (χ1n) is 16.8. The van der Waals surface area contributed by atoms with Crippen LogP contribution in [0.5, 0.6) is 0 Å². The van der Waals surface area contributed by atoms with Gasteiger partial charge in [0, 0.05) is 38.1 Å². The summed E-state index contributed by atoms with van der Waals surface area (Å²) in [6.45, 7) is 6.42. The normalized spacial score (nSPS) is 12.1. The van der Waals surface area contributed by atoms with E-state index >= 15 is 0 Å². The van der Waals surface area contributed by atoms with Crippen molar-refractivity contribution >= 4 is 77.8 Å². The molecule has 10 aromatic rings. The van der Waals surface area contributed by atoms with Gasteiger partial charge in [-0.1, -0.05) is 110 Å². The molecule has 6 aromatic carbocycles. The Balaban J connectivity index is 1.36. The van der Waals surface area contributed by atoms with Crippen molar-refractivity contribution in [3.63, 3.8) is 0 Å². The molecule has 0 aliphatic rings. The Kier molecular flexibility index (Phi) is 6.17. The van der Waals surface area contributed by atoms with Crippen LogP contribution in [0, 0.1) is 0 Å². The summed E-state index contributed by atoms with van der Waals surface area (Å²) >= 11 is 0. The summed E-state index contributed by atoms with van der Waals surface area (Å²) in [5, 5.41) is 5.63. The SMILES string of the molecule is C=Cc1c(/C=C\C)n(-c2nc3ccccc3nc2-c2ccccc2)c2ccc3c(c4ccccc4n3-c3cccc4c3oc3ccccc34)c12. The van der Waals surface area contributed by atoms with Gasteiger partial charge in [0.15, 0.2) is 11.4 Å². The molecule has 4 heterocycles. The van der Waals surface area contributed by atoms with Crippen molar-refractivity contribution in [2.24, 2.45) is 0 Å². The van der Waals surface area contributed by atoms with Crippen LogP contribution in [-0.2, 0) is 0 Å². The third-order valence-electron chi connectivity index (χ3n) is 9.81. The van der Waals surface area contributed by atoms with Gasteiger partial charge in [0.25, 0.3) is 0 Å². The number of hydrogen-bond donors (Lipinski definition) is 0. The molecule has 0 aliphatic heterocycles. The zero-order valence-electron chi connectivity index (χ0n) is 27.3. The van der Waals surface area contributed by atoms with Gasteiger partial charge in [0.1, 0.15) is 11.3 Å². The van der Waals surface area contributed by atoms with Gasteiger partial charge in [-0.25, -0.2) is 9.97 Å². The molecule has 5 nitrogen and oxygen atoms in total. The van der Waals surface area contributed by atoms with Gasteiger partial charge in [0.2, 0.25) is 0 Å². The maximum Gasteiger partial charge on any atom is 0.165 e. The zero-order valence-corrected chi connectivity index (χ0v) is 27.3. The quantitative estimate of drug-likeness (QED) is 0.188. The predicted molar refractivity (Wildman–Crippen MR) is 208 cm³/mol. The first kappa shape index (κ1) is 28.3. The lowest BCUT2D eigenvalue weighted by molar-refractivity contribution is 0.666. The number of nitrogens with zero attached hydrogens (tertiary/aromatic N) is 4. The van der Waals surface area contributed by atoms with Crippen molar-refractivity contribution in [2.45, 2.75) is 6.92 Å². The van der Waals surface area contributed by atoms with E-state index in [1.54, 1.807) is 0 Å². The number of allylic oxidation sites excluding steroid dienone is 1. The minimum absolute atomic E-state index is 0.774. The van der Waals surface area contributed by atoms with Gasteiger partial charge >= 0.3 is 0 Å². The van der Waals surface area contributed by atoms with Crippen LogP contribution >= 0.6 is 0 Å². The summed E-state index contributed by atoms with van der Waals surface area (Å²) in [4.78, 5) is 10.5. The van der Waals surface area contributed by atoms with E-state index in [4.69, 9.17) is 14.4 Å². The minimum atomic E-state index is 0.774. The highest BCUT2D eigenvalue weighted by Crippen LogP contribution is 2.44. The lowest BCUT2D eigenvalue weighted by Gasteiger charge is -2.14. The highest BCUT2D eigenvalue weighted by atomic mass is 16.3. The van der Waals surface area contributed by atoms with E-state index in [9.17, 15) is 0 Å². The molecule has 0 fully saturated rings. The van der Waals surface area contributed by atoms with Crippen molar-refractivity contribution in [1.82, 2.24) is 19.1 Å². The smallest absolute Gasteiger partial charge is 0.165 e. The largest absolute Gasteiger partial charge is 0.454 e. The molecule has 10 rings (SSSR count). The topological polar surface area (TPSA) is 48.8 Å². The van der Waals surface area contributed by atoms with E-state index in [0.29, 0.717) is 0 Å². The molecule has 0 amide bonds. The van der Waals surface area contributed by atoms with Gasteiger partial charge < -0.3 is 8.98 Å². The zero-order chi connectivity index (χ0) is 33.3. The Bertz CT molecular complexity index is 3010. The van der Waals surface area contributed by atoms with Crippen LogP contribution in [0.4, 0.5) is 0 Å². The van der Waals surface area contributed by atoms with Gasteiger partial charge in [-0.15, -0.1) is 0 Å². The molecule has 0 saturated carbocycles. The second-order valence-corrected chi connectivity index (χ2v) is 12.5. The van der Waals surface area contributed by atoms with E-state index in [1.807, 2.05) is 60.7 Å². The van der Waals surface area contributed by atoms with E-state index in [2.05, 4.69) is 114 Å². The monoisotopic (exact) mass is 642 g/mol. The number of hydrogen-bond acceptors (Lipinski definition) is 3. The first-order chi connectivity index (χ1) is 24.7. The lowest BCUT2D eigenvalue weighted by atomic mass is 10.0. The molecule has 0 radical (unpaired) electrons. The molecule has 0 aliphatic carbocycles. The molecule has 5 heteroatoms. The molecule has 0 spiro atoms. The van der Waals surface area contributed by atoms with Crippen LogP contribution in [0.15, 0.2) is 151 Å². The second-order valence-electron chi connectivity index (χ2n) is 12.5. The van der Waals surface area contributed by atoms with Crippen LogP contribution in [0.3, 0.4) is 0 Å². The maximum absolute atomic E-state index is 6.58. The molecular weight excluding hydrogens is 613 g/mol. The van der Waals surface area contributed by atoms with Crippen LogP contribution in [0.2, 0.25) is 0 Å². The van der Waals surface area contributed by atoms with E-state index in [0.717, 1.165) is 99.7 Å². The highest BCUT2D eigenvalue weighted by Gasteiger charge is 2.25. The summed E-state index contributed by atoms with van der Waals surface area (Å²) in [5.41, 5.74) is 11.5. The number of para-hydroxylation sites is 5. The molecule has 0 N–H and O–H groups in total. The van der Waals surface area contributed by atoms with Crippen LogP contribution in [0.25, 0.3) is 101 Å². The van der Waals surface area contributed by atoms with Crippen molar-refractivity contribution in [2.75, 3.05) is 0 Å². The summed E-state index contributed by atoms with van der Waals surface area (Å²) < 4.78 is 11.2. The Hall–Kier alpha value is -6.72. The number of fused-ring (bicyclic) bond motifs is 9. The van der Waals surface area contributed by atoms with E-state index in [1.165, 1.54) is 0 Å². The number of aromatic nitrogens is 4. The highest BCUT2D eigenvalue weighted by molar-refractivity contribution is 6.24. The summed E-state index contributed by atoms with van der Waals surface area (Å²) in [6.07, 6.45) is 6.22. The van der Waals surface area contributed by atoms with Gasteiger partial charge in [-0.3, -0.25) is 4.57 Å². The molecule has 0 unspecified atom stereocenters. The van der Waals surface area contributed by atoms with Crippen LogP contribution in [-0.4, -0.2) is 19.1 Å². The van der Waals surface area contributed by atoms with Gasteiger partial charge in [0.05, 0.1) is 39.0 Å². The fourth-order valence-electron chi connectivity index (χ4n) is 7.75. The Morgan fingerprint density at radius 2 is 1.28 bits per heavy atom. The summed E-state index contributed by atoms with van der Waals surface area (Å²) in [7, 11) is 0. The van der Waals surface area contributed by atoms with E-state index < -0.39 is 0 Å². The Morgan fingerprint density at radius 3 is 2.08 bits per heavy atom. The predicted octanol–water partition coefficient (Wildman–Crippen LogP) is 11.9. The number of benzene rings is 6. The van der Waals surface area contributed by atoms with Crippen LogP contribution < -0.4 is 0 Å². The van der Waals surface area contributed by atoms with Crippen molar-refractivity contribution in [3.8, 4) is 22.8 Å². The molecule has 50 heavy (non-hydrogen) atoms. The molecule has 4 aromatic heterocycles. The third kappa shape index (κ3) is 3.95. The number of furan rings is 1. The minimum Gasteiger partial charge on any atom is -0.454 e. The fraction of sp³-hybridized carbons (Fsp3) is 0.0222. The third-order valence-corrected chi connectivity index (χ3v) is 9.81. The molecule has 0 atom stereocenters. The Labute approximate surface area is 287 Å². The molecule has 0 saturated heterocycles. The Morgan fingerprint density at radius 1 is 0.600 bits per heavy atom.